The molecule has 1 saturated heterocycles. The highest BCUT2D eigenvalue weighted by Crippen LogP contribution is 2.17. The van der Waals surface area contributed by atoms with Crippen molar-refractivity contribution in [1.29, 1.82) is 0 Å². The summed E-state index contributed by atoms with van der Waals surface area (Å²) in [7, 11) is -3.41. The fourth-order valence-corrected chi connectivity index (χ4v) is 2.78. The molecule has 1 aromatic rings. The van der Waals surface area contributed by atoms with Crippen molar-refractivity contribution in [1.82, 2.24) is 10.6 Å². The highest BCUT2D eigenvalue weighted by atomic mass is 35.5. The van der Waals surface area contributed by atoms with Crippen LogP contribution in [0.25, 0.3) is 0 Å². The van der Waals surface area contributed by atoms with Gasteiger partial charge in [0.05, 0.1) is 17.5 Å². The van der Waals surface area contributed by atoms with Gasteiger partial charge in [0.25, 0.3) is 5.91 Å². The zero-order valence-electron chi connectivity index (χ0n) is 11.8. The molecule has 1 aliphatic rings. The second kappa shape index (κ2) is 7.63. The van der Waals surface area contributed by atoms with Crippen LogP contribution in [-0.2, 0) is 10.0 Å². The fourth-order valence-electron chi connectivity index (χ4n) is 2.20. The molecular formula is C13H20ClN3O3S. The van der Waals surface area contributed by atoms with E-state index in [-0.39, 0.29) is 24.4 Å². The van der Waals surface area contributed by atoms with Gasteiger partial charge in [0.15, 0.2) is 0 Å². The van der Waals surface area contributed by atoms with Gasteiger partial charge < -0.3 is 10.6 Å². The van der Waals surface area contributed by atoms with Crippen LogP contribution in [0.2, 0.25) is 0 Å². The summed E-state index contributed by atoms with van der Waals surface area (Å²) in [5.41, 5.74) is 0.651. The zero-order chi connectivity index (χ0) is 14.6. The van der Waals surface area contributed by atoms with Crippen molar-refractivity contribution < 1.29 is 13.2 Å². The Hall–Kier alpha value is -1.31. The summed E-state index contributed by atoms with van der Waals surface area (Å²) < 4.78 is 25.0. The van der Waals surface area contributed by atoms with Crippen LogP contribution >= 0.6 is 12.4 Å². The molecule has 118 valence electrons. The minimum absolute atomic E-state index is 0. The average molecular weight is 334 g/mol. The van der Waals surface area contributed by atoms with E-state index >= 15 is 0 Å². The molecule has 1 aliphatic heterocycles. The lowest BCUT2D eigenvalue weighted by molar-refractivity contribution is 0.0930. The number of carbonyl (C=O) groups is 1. The Morgan fingerprint density at radius 1 is 1.24 bits per heavy atom. The number of carbonyl (C=O) groups excluding carboxylic acids is 1. The Labute approximate surface area is 131 Å². The maximum Gasteiger partial charge on any atom is 0.253 e. The van der Waals surface area contributed by atoms with Gasteiger partial charge in [-0.1, -0.05) is 12.1 Å². The predicted octanol–water partition coefficient (Wildman–Crippen LogP) is 0.962. The zero-order valence-corrected chi connectivity index (χ0v) is 13.4. The van der Waals surface area contributed by atoms with E-state index in [1.54, 1.807) is 24.3 Å². The fraction of sp³-hybridized carbons (Fsp3) is 0.462. The SMILES string of the molecule is CS(=O)(=O)Nc1ccccc1C(=O)NC1CCNCC1.Cl. The van der Waals surface area contributed by atoms with Crippen LogP contribution in [-0.4, -0.2) is 39.7 Å². The van der Waals surface area contributed by atoms with Crippen LogP contribution in [0.3, 0.4) is 0 Å². The molecule has 0 spiro atoms. The molecular weight excluding hydrogens is 314 g/mol. The van der Waals surface area contributed by atoms with Crippen LogP contribution in [0.15, 0.2) is 24.3 Å². The summed E-state index contributed by atoms with van der Waals surface area (Å²) in [6, 6.07) is 6.73. The van der Waals surface area contributed by atoms with Crippen molar-refractivity contribution in [3.05, 3.63) is 29.8 Å². The van der Waals surface area contributed by atoms with E-state index in [0.29, 0.717) is 11.3 Å². The van der Waals surface area contributed by atoms with Gasteiger partial charge in [0.1, 0.15) is 0 Å². The van der Waals surface area contributed by atoms with Crippen molar-refractivity contribution in [2.24, 2.45) is 0 Å². The van der Waals surface area contributed by atoms with E-state index in [0.717, 1.165) is 32.2 Å². The Morgan fingerprint density at radius 3 is 2.48 bits per heavy atom. The molecule has 6 nitrogen and oxygen atoms in total. The van der Waals surface area contributed by atoms with E-state index in [9.17, 15) is 13.2 Å². The quantitative estimate of drug-likeness (QED) is 0.766. The third kappa shape index (κ3) is 5.53. The van der Waals surface area contributed by atoms with Gasteiger partial charge in [-0.3, -0.25) is 9.52 Å². The molecule has 1 aromatic carbocycles. The number of hydrogen-bond acceptors (Lipinski definition) is 4. The van der Waals surface area contributed by atoms with Crippen LogP contribution in [0.5, 0.6) is 0 Å². The van der Waals surface area contributed by atoms with Crippen molar-refractivity contribution in [3.8, 4) is 0 Å². The smallest absolute Gasteiger partial charge is 0.253 e. The Kier molecular flexibility index (Phi) is 6.44. The van der Waals surface area contributed by atoms with E-state index in [1.807, 2.05) is 0 Å². The largest absolute Gasteiger partial charge is 0.349 e. The van der Waals surface area contributed by atoms with Gasteiger partial charge in [-0.05, 0) is 38.1 Å². The van der Waals surface area contributed by atoms with E-state index < -0.39 is 10.0 Å². The first-order valence-corrected chi connectivity index (χ1v) is 8.43. The molecule has 0 atom stereocenters. The van der Waals surface area contributed by atoms with Crippen LogP contribution in [0, 0.1) is 0 Å². The van der Waals surface area contributed by atoms with E-state index in [4.69, 9.17) is 0 Å². The van der Waals surface area contributed by atoms with Gasteiger partial charge in [-0.15, -0.1) is 12.4 Å². The van der Waals surface area contributed by atoms with Gasteiger partial charge in [0.2, 0.25) is 10.0 Å². The molecule has 8 heteroatoms. The molecule has 3 N–H and O–H groups in total. The summed E-state index contributed by atoms with van der Waals surface area (Å²) in [6.45, 7) is 1.77. The molecule has 1 heterocycles. The molecule has 0 aliphatic carbocycles. The highest BCUT2D eigenvalue weighted by Gasteiger charge is 2.19. The van der Waals surface area contributed by atoms with E-state index in [2.05, 4.69) is 15.4 Å². The second-order valence-electron chi connectivity index (χ2n) is 4.92. The number of sulfonamides is 1. The first-order valence-electron chi connectivity index (χ1n) is 6.54. The van der Waals surface area contributed by atoms with Crippen LogP contribution in [0.4, 0.5) is 5.69 Å². The number of piperidine rings is 1. The Bertz CT molecular complexity index is 586. The number of halogens is 1. The third-order valence-corrected chi connectivity index (χ3v) is 3.73. The lowest BCUT2D eigenvalue weighted by Gasteiger charge is -2.24. The standard InChI is InChI=1S/C13H19N3O3S.ClH/c1-20(18,19)16-12-5-3-2-4-11(12)13(17)15-10-6-8-14-9-7-10;/h2-5,10,14,16H,6-9H2,1H3,(H,15,17);1H. The van der Waals surface area contributed by atoms with Crippen molar-refractivity contribution >= 4 is 34.0 Å². The summed E-state index contributed by atoms with van der Waals surface area (Å²) in [6.07, 6.45) is 2.83. The third-order valence-electron chi connectivity index (χ3n) is 3.14. The van der Waals surface area contributed by atoms with Gasteiger partial charge in [-0.25, -0.2) is 8.42 Å². The summed E-state index contributed by atoms with van der Waals surface area (Å²) >= 11 is 0. The first kappa shape index (κ1) is 17.7. The van der Waals surface area contributed by atoms with Crippen molar-refractivity contribution in [2.45, 2.75) is 18.9 Å². The maximum absolute atomic E-state index is 12.3. The molecule has 0 radical (unpaired) electrons. The molecule has 0 saturated carbocycles. The lowest BCUT2D eigenvalue weighted by Crippen LogP contribution is -2.42. The van der Waals surface area contributed by atoms with Crippen molar-refractivity contribution in [2.75, 3.05) is 24.1 Å². The molecule has 2 rings (SSSR count). The Morgan fingerprint density at radius 2 is 1.86 bits per heavy atom. The van der Waals surface area contributed by atoms with Gasteiger partial charge in [0, 0.05) is 6.04 Å². The molecule has 1 amide bonds. The molecule has 0 bridgehead atoms. The predicted molar refractivity (Wildman–Crippen MR) is 85.5 cm³/mol. The van der Waals surface area contributed by atoms with Crippen LogP contribution in [0.1, 0.15) is 23.2 Å². The maximum atomic E-state index is 12.3. The number of hydrogen-bond donors (Lipinski definition) is 3. The van der Waals surface area contributed by atoms with Crippen molar-refractivity contribution in [3.63, 3.8) is 0 Å². The highest BCUT2D eigenvalue weighted by molar-refractivity contribution is 7.92. The minimum Gasteiger partial charge on any atom is -0.349 e. The number of benzene rings is 1. The number of para-hydroxylation sites is 1. The molecule has 0 unspecified atom stereocenters. The number of nitrogens with one attached hydrogen (secondary N) is 3. The minimum atomic E-state index is -3.41. The topological polar surface area (TPSA) is 87.3 Å². The van der Waals surface area contributed by atoms with Gasteiger partial charge in [-0.2, -0.15) is 0 Å². The summed E-state index contributed by atoms with van der Waals surface area (Å²) in [4.78, 5) is 12.3. The first-order chi connectivity index (χ1) is 9.46. The summed E-state index contributed by atoms with van der Waals surface area (Å²) in [5, 5.41) is 6.17. The number of amides is 1. The van der Waals surface area contributed by atoms with E-state index in [1.165, 1.54) is 0 Å². The second-order valence-corrected chi connectivity index (χ2v) is 6.67. The average Bonchev–Trinajstić information content (AvgIpc) is 2.38. The number of rotatable bonds is 4. The number of anilines is 1. The molecule has 21 heavy (non-hydrogen) atoms. The molecule has 1 fully saturated rings. The van der Waals surface area contributed by atoms with Crippen LogP contribution < -0.4 is 15.4 Å². The lowest BCUT2D eigenvalue weighted by atomic mass is 10.1. The Balaban J connectivity index is 0.00000220. The molecule has 0 aromatic heterocycles. The monoisotopic (exact) mass is 333 g/mol. The normalized spacial score (nSPS) is 15.9. The summed E-state index contributed by atoms with van der Waals surface area (Å²) in [5.74, 6) is -0.247. The van der Waals surface area contributed by atoms with Gasteiger partial charge >= 0.3 is 0 Å².